The Hall–Kier alpha value is -0.390. The van der Waals surface area contributed by atoms with E-state index in [9.17, 15) is 4.79 Å². The Morgan fingerprint density at radius 1 is 1.47 bits per heavy atom. The maximum absolute atomic E-state index is 12.1. The predicted molar refractivity (Wildman–Crippen MR) is 70.4 cm³/mol. The first-order valence-corrected chi connectivity index (χ1v) is 7.58. The van der Waals surface area contributed by atoms with Gasteiger partial charge in [-0.15, -0.1) is 11.3 Å². The third-order valence-corrected chi connectivity index (χ3v) is 5.20. The molecule has 1 saturated heterocycles. The summed E-state index contributed by atoms with van der Waals surface area (Å²) in [6.45, 7) is 0.776. The smallest absolute Gasteiger partial charge is 0.262 e. The molecule has 1 aromatic rings. The highest BCUT2D eigenvalue weighted by atomic mass is 79.9. The van der Waals surface area contributed by atoms with Crippen molar-refractivity contribution in [3.05, 3.63) is 20.8 Å². The summed E-state index contributed by atoms with van der Waals surface area (Å²) in [6.07, 6.45) is 3.69. The van der Waals surface area contributed by atoms with E-state index in [0.717, 1.165) is 22.4 Å². The molecule has 92 valence electrons. The number of thiophene rings is 1. The van der Waals surface area contributed by atoms with Gasteiger partial charge in [-0.2, -0.15) is 0 Å². The number of carbonyl (C=O) groups is 1. The van der Waals surface area contributed by atoms with Crippen molar-refractivity contribution in [1.29, 1.82) is 0 Å². The van der Waals surface area contributed by atoms with Crippen LogP contribution in [0.3, 0.4) is 0 Å². The molecule has 1 aliphatic carbocycles. The quantitative estimate of drug-likeness (QED) is 0.931. The number of carbonyl (C=O) groups excluding carboxylic acids is 1. The molecule has 1 saturated carbocycles. The van der Waals surface area contributed by atoms with Crippen molar-refractivity contribution in [3.63, 3.8) is 0 Å². The van der Waals surface area contributed by atoms with Gasteiger partial charge in [-0.1, -0.05) is 0 Å². The minimum atomic E-state index is 0.0213. The predicted octanol–water partition coefficient (Wildman–Crippen LogP) is 2.81. The van der Waals surface area contributed by atoms with Gasteiger partial charge in [0.2, 0.25) is 0 Å². The Bertz CT molecular complexity index is 430. The van der Waals surface area contributed by atoms with Crippen LogP contribution in [0.15, 0.2) is 15.9 Å². The number of amides is 1. The van der Waals surface area contributed by atoms with Crippen LogP contribution >= 0.6 is 27.3 Å². The summed E-state index contributed by atoms with van der Waals surface area (Å²) in [7, 11) is 0. The lowest BCUT2D eigenvalue weighted by atomic mass is 10.1. The Kier molecular flexibility index (Phi) is 3.23. The molecule has 2 atom stereocenters. The zero-order valence-corrected chi connectivity index (χ0v) is 11.7. The molecule has 1 aromatic heterocycles. The van der Waals surface area contributed by atoms with Crippen LogP contribution in [-0.4, -0.2) is 24.7 Å². The van der Waals surface area contributed by atoms with Crippen LogP contribution in [0.2, 0.25) is 0 Å². The lowest BCUT2D eigenvalue weighted by molar-refractivity contribution is 0.0731. The second-order valence-electron chi connectivity index (χ2n) is 4.64. The van der Waals surface area contributed by atoms with Crippen LogP contribution in [0.25, 0.3) is 0 Å². The Balaban J connectivity index is 1.66. The van der Waals surface area contributed by atoms with E-state index in [-0.39, 0.29) is 18.1 Å². The van der Waals surface area contributed by atoms with Gasteiger partial charge < -0.3 is 10.1 Å². The molecule has 3 nitrogen and oxygen atoms in total. The van der Waals surface area contributed by atoms with Gasteiger partial charge >= 0.3 is 0 Å². The SMILES string of the molecule is O=C(NC1CCOC1C1CC1)c1sccc1Br. The maximum atomic E-state index is 12.1. The molecule has 1 amide bonds. The number of ether oxygens (including phenoxy) is 1. The Labute approximate surface area is 113 Å². The van der Waals surface area contributed by atoms with Crippen molar-refractivity contribution < 1.29 is 9.53 Å². The standard InChI is InChI=1S/C12H14BrNO2S/c13-8-4-6-17-11(8)12(15)14-9-3-5-16-10(9)7-1-2-7/h4,6-7,9-10H,1-3,5H2,(H,14,15). The number of hydrogen-bond donors (Lipinski definition) is 1. The zero-order chi connectivity index (χ0) is 11.8. The Morgan fingerprint density at radius 3 is 2.94 bits per heavy atom. The van der Waals surface area contributed by atoms with Crippen LogP contribution in [0.4, 0.5) is 0 Å². The van der Waals surface area contributed by atoms with Crippen LogP contribution in [-0.2, 0) is 4.74 Å². The third-order valence-electron chi connectivity index (χ3n) is 3.36. The van der Waals surface area contributed by atoms with Crippen molar-refractivity contribution in [2.24, 2.45) is 5.92 Å². The number of nitrogens with one attached hydrogen (secondary N) is 1. The minimum absolute atomic E-state index is 0.0213. The van der Waals surface area contributed by atoms with E-state index in [1.165, 1.54) is 24.2 Å². The molecule has 5 heteroatoms. The van der Waals surface area contributed by atoms with Crippen LogP contribution in [0.5, 0.6) is 0 Å². The van der Waals surface area contributed by atoms with Crippen molar-refractivity contribution in [1.82, 2.24) is 5.32 Å². The van der Waals surface area contributed by atoms with Crippen molar-refractivity contribution in [3.8, 4) is 0 Å². The fraction of sp³-hybridized carbons (Fsp3) is 0.583. The zero-order valence-electron chi connectivity index (χ0n) is 9.32. The summed E-state index contributed by atoms with van der Waals surface area (Å²) >= 11 is 4.86. The molecular weight excluding hydrogens is 302 g/mol. The van der Waals surface area contributed by atoms with Crippen molar-refractivity contribution in [2.75, 3.05) is 6.61 Å². The van der Waals surface area contributed by atoms with Crippen molar-refractivity contribution >= 4 is 33.2 Å². The summed E-state index contributed by atoms with van der Waals surface area (Å²) in [5.74, 6) is 0.697. The number of halogens is 1. The molecule has 1 N–H and O–H groups in total. The first-order valence-electron chi connectivity index (χ1n) is 5.91. The molecule has 2 fully saturated rings. The van der Waals surface area contributed by atoms with E-state index in [1.807, 2.05) is 11.4 Å². The summed E-state index contributed by atoms with van der Waals surface area (Å²) in [4.78, 5) is 12.8. The highest BCUT2D eigenvalue weighted by molar-refractivity contribution is 9.10. The van der Waals surface area contributed by atoms with Crippen molar-refractivity contribution in [2.45, 2.75) is 31.4 Å². The normalized spacial score (nSPS) is 28.3. The molecule has 2 heterocycles. The van der Waals surface area contributed by atoms with Gasteiger partial charge in [-0.3, -0.25) is 4.79 Å². The van der Waals surface area contributed by atoms with Gasteiger partial charge in [0.15, 0.2) is 0 Å². The molecule has 0 spiro atoms. The molecular formula is C12H14BrNO2S. The average molecular weight is 316 g/mol. The molecule has 1 aliphatic heterocycles. The summed E-state index contributed by atoms with van der Waals surface area (Å²) in [6, 6.07) is 2.10. The molecule has 0 aromatic carbocycles. The van der Waals surface area contributed by atoms with Gasteiger partial charge in [-0.05, 0) is 52.6 Å². The van der Waals surface area contributed by atoms with Gasteiger partial charge in [0.25, 0.3) is 5.91 Å². The first-order chi connectivity index (χ1) is 8.25. The molecule has 2 aliphatic rings. The lowest BCUT2D eigenvalue weighted by Crippen LogP contribution is -2.41. The fourth-order valence-electron chi connectivity index (χ4n) is 2.34. The largest absolute Gasteiger partial charge is 0.376 e. The van der Waals surface area contributed by atoms with E-state index >= 15 is 0 Å². The van der Waals surface area contributed by atoms with Crippen LogP contribution in [0, 0.1) is 5.92 Å². The topological polar surface area (TPSA) is 38.3 Å². The first kappa shape index (κ1) is 11.7. The van der Waals surface area contributed by atoms with Gasteiger partial charge in [0.1, 0.15) is 4.88 Å². The van der Waals surface area contributed by atoms with Crippen LogP contribution in [0.1, 0.15) is 28.9 Å². The summed E-state index contributed by atoms with van der Waals surface area (Å²) in [5.41, 5.74) is 0. The summed E-state index contributed by atoms with van der Waals surface area (Å²) in [5, 5.41) is 5.03. The van der Waals surface area contributed by atoms with E-state index in [2.05, 4.69) is 21.2 Å². The highest BCUT2D eigenvalue weighted by Crippen LogP contribution is 2.39. The van der Waals surface area contributed by atoms with Gasteiger partial charge in [0, 0.05) is 11.1 Å². The third kappa shape index (κ3) is 2.41. The monoisotopic (exact) mass is 315 g/mol. The molecule has 0 bridgehead atoms. The van der Waals surface area contributed by atoms with E-state index in [4.69, 9.17) is 4.74 Å². The van der Waals surface area contributed by atoms with E-state index < -0.39 is 0 Å². The fourth-order valence-corrected chi connectivity index (χ4v) is 3.80. The highest BCUT2D eigenvalue weighted by Gasteiger charge is 2.41. The molecule has 17 heavy (non-hydrogen) atoms. The average Bonchev–Trinajstić information content (AvgIpc) is 2.89. The van der Waals surface area contributed by atoms with E-state index in [0.29, 0.717) is 5.92 Å². The van der Waals surface area contributed by atoms with Gasteiger partial charge in [-0.25, -0.2) is 0 Å². The maximum Gasteiger partial charge on any atom is 0.262 e. The second-order valence-corrected chi connectivity index (χ2v) is 6.41. The van der Waals surface area contributed by atoms with E-state index in [1.54, 1.807) is 0 Å². The molecule has 2 unspecified atom stereocenters. The second kappa shape index (κ2) is 4.71. The minimum Gasteiger partial charge on any atom is -0.376 e. The molecule has 3 rings (SSSR count). The van der Waals surface area contributed by atoms with Crippen LogP contribution < -0.4 is 5.32 Å². The van der Waals surface area contributed by atoms with Gasteiger partial charge in [0.05, 0.1) is 12.1 Å². The summed E-state index contributed by atoms with van der Waals surface area (Å²) < 4.78 is 6.59. The lowest BCUT2D eigenvalue weighted by Gasteiger charge is -2.19. The number of hydrogen-bond acceptors (Lipinski definition) is 3. The number of rotatable bonds is 3. The molecule has 0 radical (unpaired) electrons. The Morgan fingerprint density at radius 2 is 2.29 bits per heavy atom.